The van der Waals surface area contributed by atoms with E-state index in [1.165, 1.54) is 6.07 Å². The predicted molar refractivity (Wildman–Crippen MR) is 114 cm³/mol. The Hall–Kier alpha value is -2.37. The first kappa shape index (κ1) is 19.0. The highest BCUT2D eigenvalue weighted by Crippen LogP contribution is 2.40. The van der Waals surface area contributed by atoms with Gasteiger partial charge in [-0.25, -0.2) is 0 Å². The van der Waals surface area contributed by atoms with Gasteiger partial charge in [0.2, 0.25) is 0 Å². The van der Waals surface area contributed by atoms with Crippen LogP contribution in [0, 0.1) is 0 Å². The largest absolute Gasteiger partial charge is 0.493 e. The Morgan fingerprint density at radius 3 is 2.50 bits per heavy atom. The third-order valence-electron chi connectivity index (χ3n) is 4.96. The van der Waals surface area contributed by atoms with Gasteiger partial charge in [0.05, 0.1) is 40.2 Å². The van der Waals surface area contributed by atoms with E-state index in [1.54, 1.807) is 25.3 Å². The van der Waals surface area contributed by atoms with Gasteiger partial charge in [-0.05, 0) is 49.9 Å². The van der Waals surface area contributed by atoms with Crippen molar-refractivity contribution < 1.29 is 9.47 Å². The molecule has 1 aliphatic carbocycles. The average Bonchev–Trinajstić information content (AvgIpc) is 3.18. The van der Waals surface area contributed by atoms with Crippen molar-refractivity contribution in [2.24, 2.45) is 0 Å². The zero-order valence-electron chi connectivity index (χ0n) is 15.4. The van der Waals surface area contributed by atoms with Crippen LogP contribution >= 0.6 is 23.2 Å². The number of methoxy groups -OCH3 is 1. The summed E-state index contributed by atoms with van der Waals surface area (Å²) < 4.78 is 11.7. The number of aromatic nitrogens is 1. The van der Waals surface area contributed by atoms with Crippen molar-refractivity contribution in [3.8, 4) is 11.5 Å². The molecule has 1 saturated carbocycles. The van der Waals surface area contributed by atoms with E-state index in [1.807, 2.05) is 12.1 Å². The van der Waals surface area contributed by atoms with Crippen LogP contribution in [0.15, 0.2) is 41.2 Å². The molecule has 1 fully saturated rings. The number of aromatic amines is 1. The number of benzene rings is 2. The first-order chi connectivity index (χ1) is 13.6. The summed E-state index contributed by atoms with van der Waals surface area (Å²) in [6, 6.07) is 10.4. The first-order valence-electron chi connectivity index (χ1n) is 9.18. The molecule has 0 unspecified atom stereocenters. The summed E-state index contributed by atoms with van der Waals surface area (Å²) in [4.78, 5) is 15.3. The lowest BCUT2D eigenvalue weighted by Gasteiger charge is -2.19. The molecule has 146 valence electrons. The fourth-order valence-electron chi connectivity index (χ4n) is 3.59. The smallest absolute Gasteiger partial charge is 0.250 e. The maximum atomic E-state index is 12.4. The van der Waals surface area contributed by atoms with Gasteiger partial charge in [0.1, 0.15) is 0 Å². The number of hydrogen-bond donors (Lipinski definition) is 2. The topological polar surface area (TPSA) is 63.3 Å². The van der Waals surface area contributed by atoms with Gasteiger partial charge in [0, 0.05) is 11.5 Å². The van der Waals surface area contributed by atoms with Gasteiger partial charge >= 0.3 is 0 Å². The molecule has 0 atom stereocenters. The van der Waals surface area contributed by atoms with Crippen molar-refractivity contribution >= 4 is 45.5 Å². The van der Waals surface area contributed by atoms with Crippen molar-refractivity contribution in [2.45, 2.75) is 31.8 Å². The highest BCUT2D eigenvalue weighted by Gasteiger charge is 2.21. The maximum absolute atomic E-state index is 12.4. The number of hydrogen-bond acceptors (Lipinski definition) is 4. The Kier molecular flexibility index (Phi) is 5.38. The second kappa shape index (κ2) is 7.94. The number of pyridine rings is 1. The van der Waals surface area contributed by atoms with Crippen molar-refractivity contribution in [3.05, 3.63) is 56.8 Å². The van der Waals surface area contributed by atoms with Gasteiger partial charge in [0.15, 0.2) is 11.5 Å². The Bertz CT molecular complexity index is 1050. The predicted octanol–water partition coefficient (Wildman–Crippen LogP) is 5.91. The summed E-state index contributed by atoms with van der Waals surface area (Å²) in [6.07, 6.45) is 4.41. The highest BCUT2D eigenvalue weighted by molar-refractivity contribution is 6.39. The lowest BCUT2D eigenvalue weighted by atomic mass is 10.1. The lowest BCUT2D eigenvalue weighted by Crippen LogP contribution is -2.14. The Balaban J connectivity index is 1.85. The molecule has 0 radical (unpaired) electrons. The van der Waals surface area contributed by atoms with Crippen LogP contribution in [-0.2, 0) is 0 Å². The second-order valence-electron chi connectivity index (χ2n) is 6.81. The molecule has 0 bridgehead atoms. The van der Waals surface area contributed by atoms with Crippen molar-refractivity contribution in [1.29, 1.82) is 0 Å². The third-order valence-corrected chi connectivity index (χ3v) is 5.59. The SMILES string of the molecule is COc1ccc2c(Nc3c(Cl)cccc3Cl)cc(=O)[nH]c2c1OC1CCCC1. The molecule has 1 heterocycles. The summed E-state index contributed by atoms with van der Waals surface area (Å²) in [6.45, 7) is 0. The van der Waals surface area contributed by atoms with E-state index in [9.17, 15) is 4.79 Å². The lowest BCUT2D eigenvalue weighted by molar-refractivity contribution is 0.203. The van der Waals surface area contributed by atoms with Crippen LogP contribution in [0.3, 0.4) is 0 Å². The first-order valence-corrected chi connectivity index (χ1v) is 9.94. The number of anilines is 2. The molecule has 0 saturated heterocycles. The molecule has 3 aromatic rings. The number of ether oxygens (including phenoxy) is 2. The highest BCUT2D eigenvalue weighted by atomic mass is 35.5. The fourth-order valence-corrected chi connectivity index (χ4v) is 4.08. The molecule has 1 aromatic heterocycles. The van der Waals surface area contributed by atoms with Gasteiger partial charge in [-0.1, -0.05) is 29.3 Å². The molecule has 0 amide bonds. The number of rotatable bonds is 5. The fraction of sp³-hybridized carbons (Fsp3) is 0.286. The molecule has 5 nitrogen and oxygen atoms in total. The minimum Gasteiger partial charge on any atom is -0.493 e. The molecule has 2 N–H and O–H groups in total. The van der Waals surface area contributed by atoms with Crippen LogP contribution in [0.25, 0.3) is 10.9 Å². The van der Waals surface area contributed by atoms with Crippen LogP contribution in [-0.4, -0.2) is 18.2 Å². The average molecular weight is 419 g/mol. The molecular weight excluding hydrogens is 399 g/mol. The summed E-state index contributed by atoms with van der Waals surface area (Å²) in [5.74, 6) is 1.14. The Labute approximate surface area is 172 Å². The van der Waals surface area contributed by atoms with Crippen LogP contribution < -0.4 is 20.3 Å². The molecule has 0 spiro atoms. The molecule has 7 heteroatoms. The molecule has 0 aliphatic heterocycles. The van der Waals surface area contributed by atoms with Crippen molar-refractivity contribution in [1.82, 2.24) is 4.98 Å². The van der Waals surface area contributed by atoms with Gasteiger partial charge in [-0.3, -0.25) is 4.79 Å². The number of H-pyrrole nitrogens is 1. The molecule has 1 aliphatic rings. The third kappa shape index (κ3) is 3.64. The number of fused-ring (bicyclic) bond motifs is 1. The molecule has 2 aromatic carbocycles. The van der Waals surface area contributed by atoms with Gasteiger partial charge in [0.25, 0.3) is 5.56 Å². The minimum atomic E-state index is -0.261. The quantitative estimate of drug-likeness (QED) is 0.540. The van der Waals surface area contributed by atoms with Crippen LogP contribution in [0.1, 0.15) is 25.7 Å². The molecule has 4 rings (SSSR count). The van der Waals surface area contributed by atoms with E-state index < -0.39 is 0 Å². The Morgan fingerprint density at radius 2 is 1.82 bits per heavy atom. The van der Waals surface area contributed by atoms with Crippen molar-refractivity contribution in [2.75, 3.05) is 12.4 Å². The number of para-hydroxylation sites is 1. The summed E-state index contributed by atoms with van der Waals surface area (Å²) in [7, 11) is 1.59. The Morgan fingerprint density at radius 1 is 1.11 bits per heavy atom. The summed E-state index contributed by atoms with van der Waals surface area (Å²) in [5.41, 5.74) is 1.46. The van der Waals surface area contributed by atoms with Crippen molar-refractivity contribution in [3.63, 3.8) is 0 Å². The van der Waals surface area contributed by atoms with E-state index in [-0.39, 0.29) is 11.7 Å². The van der Waals surface area contributed by atoms with Gasteiger partial charge < -0.3 is 19.8 Å². The van der Waals surface area contributed by atoms with Gasteiger partial charge in [-0.15, -0.1) is 0 Å². The van der Waals surface area contributed by atoms with E-state index >= 15 is 0 Å². The van der Waals surface area contributed by atoms with E-state index in [4.69, 9.17) is 32.7 Å². The number of nitrogens with one attached hydrogen (secondary N) is 2. The van der Waals surface area contributed by atoms with E-state index in [0.717, 1.165) is 31.1 Å². The van der Waals surface area contributed by atoms with E-state index in [2.05, 4.69) is 10.3 Å². The van der Waals surface area contributed by atoms with E-state index in [0.29, 0.717) is 38.4 Å². The van der Waals surface area contributed by atoms with Crippen LogP contribution in [0.5, 0.6) is 11.5 Å². The molecule has 28 heavy (non-hydrogen) atoms. The zero-order valence-corrected chi connectivity index (χ0v) is 16.9. The monoisotopic (exact) mass is 418 g/mol. The van der Waals surface area contributed by atoms with Gasteiger partial charge in [-0.2, -0.15) is 0 Å². The van der Waals surface area contributed by atoms with Crippen LogP contribution in [0.2, 0.25) is 10.0 Å². The minimum absolute atomic E-state index is 0.123. The second-order valence-corrected chi connectivity index (χ2v) is 7.63. The summed E-state index contributed by atoms with van der Waals surface area (Å²) >= 11 is 12.6. The standard InChI is InChI=1S/C21H20Cl2N2O3/c1-27-17-10-9-13-16(24-20-14(22)7-4-8-15(20)23)11-18(26)25-19(13)21(17)28-12-5-2-3-6-12/h4,7-12H,2-3,5-6H2,1H3,(H2,24,25,26). The number of halogens is 2. The summed E-state index contributed by atoms with van der Waals surface area (Å²) in [5, 5.41) is 4.92. The van der Waals surface area contributed by atoms with Crippen LogP contribution in [0.4, 0.5) is 11.4 Å². The zero-order chi connectivity index (χ0) is 19.7. The maximum Gasteiger partial charge on any atom is 0.250 e. The molecular formula is C21H20Cl2N2O3. The normalized spacial score (nSPS) is 14.4.